The fourth-order valence-corrected chi connectivity index (χ4v) is 6.05. The summed E-state index contributed by atoms with van der Waals surface area (Å²) >= 11 is 1.22. The van der Waals surface area contributed by atoms with Gasteiger partial charge in [0.25, 0.3) is 0 Å². The zero-order valence-electron chi connectivity index (χ0n) is 7.11. The van der Waals surface area contributed by atoms with Gasteiger partial charge in [0.15, 0.2) is 0 Å². The van der Waals surface area contributed by atoms with Gasteiger partial charge >= 0.3 is 89.0 Å². The molecule has 0 bridgehead atoms. The molecule has 1 fully saturated rings. The molecule has 1 aromatic carbocycles. The summed E-state index contributed by atoms with van der Waals surface area (Å²) in [5, 5.41) is 0. The fourth-order valence-electron chi connectivity index (χ4n) is 1.10. The van der Waals surface area contributed by atoms with E-state index in [1.807, 2.05) is 12.1 Å². The number of ether oxygens (including phenoxy) is 1. The van der Waals surface area contributed by atoms with E-state index in [2.05, 4.69) is 20.8 Å². The normalized spacial score (nSPS) is 17.6. The van der Waals surface area contributed by atoms with Gasteiger partial charge in [-0.05, 0) is 0 Å². The SMILES string of the molecule is COc1ccc(C2N[Se][Se]N2)cc1. The fraction of sp³-hybridized carbons (Fsp3) is 0.250. The number of methoxy groups -OCH3 is 1. The van der Waals surface area contributed by atoms with Crippen molar-refractivity contribution >= 4 is 26.7 Å². The monoisotopic (exact) mass is 310 g/mol. The van der Waals surface area contributed by atoms with Crippen LogP contribution in [0.1, 0.15) is 11.7 Å². The molecule has 2 rings (SSSR count). The van der Waals surface area contributed by atoms with E-state index in [0.717, 1.165) is 5.75 Å². The van der Waals surface area contributed by atoms with Crippen molar-refractivity contribution in [1.82, 2.24) is 8.67 Å². The predicted molar refractivity (Wildman–Crippen MR) is 53.5 cm³/mol. The molecule has 0 amide bonds. The Morgan fingerprint density at radius 3 is 2.31 bits per heavy atom. The number of benzene rings is 1. The van der Waals surface area contributed by atoms with Crippen LogP contribution in [-0.4, -0.2) is 33.8 Å². The Labute approximate surface area is 88.9 Å². The number of hydrogen-bond acceptors (Lipinski definition) is 3. The van der Waals surface area contributed by atoms with Crippen molar-refractivity contribution in [2.24, 2.45) is 0 Å². The molecular formula is C8H10N2OSe2. The van der Waals surface area contributed by atoms with Crippen LogP contribution in [0.5, 0.6) is 5.75 Å². The Kier molecular flexibility index (Phi) is 3.27. The molecule has 0 aromatic heterocycles. The standard InChI is InChI=1S/C8H10N2OSe2/c1-11-7-4-2-6(3-5-7)8-9-12-13-10-8/h2-5,8-10H,1H3. The zero-order chi connectivity index (χ0) is 9.10. The van der Waals surface area contributed by atoms with Gasteiger partial charge in [-0.1, -0.05) is 0 Å². The van der Waals surface area contributed by atoms with Crippen LogP contribution < -0.4 is 13.4 Å². The number of rotatable bonds is 2. The average Bonchev–Trinajstić information content (AvgIpc) is 2.71. The van der Waals surface area contributed by atoms with Crippen molar-refractivity contribution in [1.29, 1.82) is 0 Å². The van der Waals surface area contributed by atoms with E-state index >= 15 is 0 Å². The molecule has 1 aliphatic heterocycles. The van der Waals surface area contributed by atoms with Crippen molar-refractivity contribution < 1.29 is 4.74 Å². The Bertz CT molecular complexity index is 272. The van der Waals surface area contributed by atoms with E-state index < -0.39 is 0 Å². The van der Waals surface area contributed by atoms with Gasteiger partial charge in [-0.15, -0.1) is 0 Å². The van der Waals surface area contributed by atoms with Crippen molar-refractivity contribution in [3.63, 3.8) is 0 Å². The summed E-state index contributed by atoms with van der Waals surface area (Å²) in [5.41, 5.74) is 1.29. The van der Waals surface area contributed by atoms with Crippen molar-refractivity contribution in [3.05, 3.63) is 29.8 Å². The van der Waals surface area contributed by atoms with Gasteiger partial charge in [0.1, 0.15) is 0 Å². The van der Waals surface area contributed by atoms with Crippen LogP contribution in [0, 0.1) is 0 Å². The third kappa shape index (κ3) is 2.26. The quantitative estimate of drug-likeness (QED) is 0.757. The molecule has 1 heterocycles. The van der Waals surface area contributed by atoms with Crippen molar-refractivity contribution in [3.8, 4) is 5.75 Å². The third-order valence-electron chi connectivity index (χ3n) is 1.82. The predicted octanol–water partition coefficient (Wildman–Crippen LogP) is 0.0400. The van der Waals surface area contributed by atoms with Crippen LogP contribution in [0.25, 0.3) is 0 Å². The summed E-state index contributed by atoms with van der Waals surface area (Å²) in [4.78, 5) is 0. The van der Waals surface area contributed by atoms with Crippen LogP contribution in [0.3, 0.4) is 0 Å². The van der Waals surface area contributed by atoms with Crippen LogP contribution in [0.4, 0.5) is 0 Å². The molecule has 70 valence electrons. The molecule has 1 saturated heterocycles. The second-order valence-corrected chi connectivity index (χ2v) is 7.93. The van der Waals surface area contributed by atoms with Gasteiger partial charge in [-0.25, -0.2) is 0 Å². The van der Waals surface area contributed by atoms with E-state index in [9.17, 15) is 0 Å². The van der Waals surface area contributed by atoms with E-state index in [-0.39, 0.29) is 0 Å². The molecule has 0 saturated carbocycles. The Morgan fingerprint density at radius 1 is 1.15 bits per heavy atom. The van der Waals surface area contributed by atoms with Gasteiger partial charge in [0.05, 0.1) is 0 Å². The maximum atomic E-state index is 5.10. The molecule has 1 aromatic rings. The van der Waals surface area contributed by atoms with E-state index in [1.54, 1.807) is 7.11 Å². The van der Waals surface area contributed by atoms with Gasteiger partial charge in [0.2, 0.25) is 0 Å². The zero-order valence-corrected chi connectivity index (χ0v) is 10.5. The first kappa shape index (κ1) is 9.53. The minimum absolute atomic E-state index is 0.367. The molecule has 13 heavy (non-hydrogen) atoms. The minimum atomic E-state index is 0.367. The third-order valence-corrected chi connectivity index (χ3v) is 6.40. The maximum absolute atomic E-state index is 5.10. The summed E-state index contributed by atoms with van der Waals surface area (Å²) in [6.07, 6.45) is 0.367. The van der Waals surface area contributed by atoms with Crippen LogP contribution >= 0.6 is 0 Å². The molecule has 1 aliphatic rings. The van der Waals surface area contributed by atoms with E-state index in [1.165, 1.54) is 5.56 Å². The number of nitrogens with one attached hydrogen (secondary N) is 2. The summed E-state index contributed by atoms with van der Waals surface area (Å²) < 4.78 is 12.0. The first-order valence-corrected chi connectivity index (χ1v) is 9.92. The summed E-state index contributed by atoms with van der Waals surface area (Å²) in [7, 11) is 1.69. The van der Waals surface area contributed by atoms with Gasteiger partial charge < -0.3 is 0 Å². The first-order valence-electron chi connectivity index (χ1n) is 3.87. The van der Waals surface area contributed by atoms with Crippen molar-refractivity contribution in [2.75, 3.05) is 7.11 Å². The van der Waals surface area contributed by atoms with Crippen molar-refractivity contribution in [2.45, 2.75) is 6.17 Å². The molecular weight excluding hydrogens is 298 g/mol. The van der Waals surface area contributed by atoms with Crippen LogP contribution in [0.15, 0.2) is 24.3 Å². The Hall–Kier alpha value is -0.0210. The average molecular weight is 308 g/mol. The molecule has 0 spiro atoms. The molecule has 0 radical (unpaired) electrons. The summed E-state index contributed by atoms with van der Waals surface area (Å²) in [6, 6.07) is 8.19. The summed E-state index contributed by atoms with van der Waals surface area (Å²) in [5.74, 6) is 0.915. The van der Waals surface area contributed by atoms with Gasteiger partial charge in [-0.2, -0.15) is 0 Å². The van der Waals surface area contributed by atoms with E-state index in [0.29, 0.717) is 32.9 Å². The second-order valence-electron chi connectivity index (χ2n) is 2.61. The van der Waals surface area contributed by atoms with Gasteiger partial charge in [-0.3, -0.25) is 0 Å². The second kappa shape index (κ2) is 4.47. The molecule has 3 nitrogen and oxygen atoms in total. The Morgan fingerprint density at radius 2 is 1.77 bits per heavy atom. The van der Waals surface area contributed by atoms with Crippen LogP contribution in [-0.2, 0) is 0 Å². The number of hydrogen-bond donors (Lipinski definition) is 2. The van der Waals surface area contributed by atoms with E-state index in [4.69, 9.17) is 4.74 Å². The summed E-state index contributed by atoms with van der Waals surface area (Å²) in [6.45, 7) is 0. The molecule has 2 N–H and O–H groups in total. The molecule has 0 atom stereocenters. The topological polar surface area (TPSA) is 33.3 Å². The Balaban J connectivity index is 2.12. The molecule has 5 heteroatoms. The molecule has 0 unspecified atom stereocenters. The first-order chi connectivity index (χ1) is 6.40. The van der Waals surface area contributed by atoms with Crippen LogP contribution in [0.2, 0.25) is 0 Å². The molecule has 0 aliphatic carbocycles. The van der Waals surface area contributed by atoms with Gasteiger partial charge in [0, 0.05) is 0 Å².